The standard InChI is InChI=1S/C17H18N4OS/c1-11-16(19-17(22)15-10-23-13(3)18-15)12(2)21(20-11)9-14-7-5-4-6-8-14/h4-8,10H,9H2,1-3H3,(H,19,22). The zero-order valence-corrected chi connectivity index (χ0v) is 14.1. The summed E-state index contributed by atoms with van der Waals surface area (Å²) < 4.78 is 1.91. The molecule has 1 N–H and O–H groups in total. The molecule has 0 atom stereocenters. The molecule has 2 aromatic heterocycles. The van der Waals surface area contributed by atoms with Crippen molar-refractivity contribution in [2.24, 2.45) is 0 Å². The van der Waals surface area contributed by atoms with Crippen LogP contribution in [0.2, 0.25) is 0 Å². The van der Waals surface area contributed by atoms with Gasteiger partial charge in [0.25, 0.3) is 5.91 Å². The van der Waals surface area contributed by atoms with Gasteiger partial charge in [0.05, 0.1) is 28.6 Å². The van der Waals surface area contributed by atoms with E-state index < -0.39 is 0 Å². The Kier molecular flexibility index (Phi) is 4.25. The molecule has 0 aliphatic heterocycles. The van der Waals surface area contributed by atoms with Crippen LogP contribution < -0.4 is 5.32 Å². The van der Waals surface area contributed by atoms with E-state index in [0.717, 1.165) is 22.1 Å². The largest absolute Gasteiger partial charge is 0.317 e. The van der Waals surface area contributed by atoms with Gasteiger partial charge in [0.1, 0.15) is 5.69 Å². The molecule has 3 aromatic rings. The maximum absolute atomic E-state index is 12.3. The van der Waals surface area contributed by atoms with Gasteiger partial charge < -0.3 is 5.32 Å². The molecule has 2 heterocycles. The van der Waals surface area contributed by atoms with Gasteiger partial charge in [-0.3, -0.25) is 9.48 Å². The van der Waals surface area contributed by atoms with Gasteiger partial charge in [0.15, 0.2) is 0 Å². The Balaban J connectivity index is 1.82. The number of hydrogen-bond donors (Lipinski definition) is 1. The third kappa shape index (κ3) is 3.32. The molecule has 6 heteroatoms. The molecule has 0 spiro atoms. The summed E-state index contributed by atoms with van der Waals surface area (Å²) in [5, 5.41) is 10.1. The van der Waals surface area contributed by atoms with Crippen LogP contribution in [0.15, 0.2) is 35.7 Å². The van der Waals surface area contributed by atoms with E-state index in [0.29, 0.717) is 12.2 Å². The van der Waals surface area contributed by atoms with Crippen molar-refractivity contribution in [2.75, 3.05) is 5.32 Å². The lowest BCUT2D eigenvalue weighted by Crippen LogP contribution is -2.13. The first kappa shape index (κ1) is 15.4. The maximum atomic E-state index is 12.3. The van der Waals surface area contributed by atoms with E-state index in [9.17, 15) is 4.79 Å². The lowest BCUT2D eigenvalue weighted by Gasteiger charge is -2.06. The number of nitrogens with zero attached hydrogens (tertiary/aromatic N) is 3. The van der Waals surface area contributed by atoms with Crippen molar-refractivity contribution in [1.82, 2.24) is 14.8 Å². The molecule has 0 aliphatic rings. The monoisotopic (exact) mass is 326 g/mol. The Labute approximate surface area is 139 Å². The van der Waals surface area contributed by atoms with Crippen LogP contribution >= 0.6 is 11.3 Å². The quantitative estimate of drug-likeness (QED) is 0.797. The van der Waals surface area contributed by atoms with E-state index in [1.54, 1.807) is 5.38 Å². The SMILES string of the molecule is Cc1nc(C(=O)Nc2c(C)nn(Cc3ccccc3)c2C)cs1. The van der Waals surface area contributed by atoms with E-state index in [4.69, 9.17) is 0 Å². The smallest absolute Gasteiger partial charge is 0.275 e. The number of amides is 1. The van der Waals surface area contributed by atoms with Gasteiger partial charge in [-0.05, 0) is 26.3 Å². The molecule has 0 radical (unpaired) electrons. The minimum Gasteiger partial charge on any atom is -0.317 e. The van der Waals surface area contributed by atoms with Crippen LogP contribution in [-0.2, 0) is 6.54 Å². The fourth-order valence-corrected chi connectivity index (χ4v) is 3.03. The summed E-state index contributed by atoms with van der Waals surface area (Å²) in [6.07, 6.45) is 0. The normalized spacial score (nSPS) is 10.7. The van der Waals surface area contributed by atoms with Gasteiger partial charge >= 0.3 is 0 Å². The Bertz CT molecular complexity index is 836. The number of anilines is 1. The van der Waals surface area contributed by atoms with Gasteiger partial charge in [-0.2, -0.15) is 5.10 Å². The second-order valence-electron chi connectivity index (χ2n) is 5.39. The van der Waals surface area contributed by atoms with Crippen molar-refractivity contribution in [2.45, 2.75) is 27.3 Å². The summed E-state index contributed by atoms with van der Waals surface area (Å²) in [5.41, 5.74) is 4.12. The zero-order chi connectivity index (χ0) is 16.4. The highest BCUT2D eigenvalue weighted by atomic mass is 32.1. The van der Waals surface area contributed by atoms with Crippen LogP contribution in [0, 0.1) is 20.8 Å². The number of benzene rings is 1. The summed E-state index contributed by atoms with van der Waals surface area (Å²) in [4.78, 5) is 16.5. The number of aromatic nitrogens is 3. The van der Waals surface area contributed by atoms with Gasteiger partial charge in [0.2, 0.25) is 0 Å². The number of thiazole rings is 1. The van der Waals surface area contributed by atoms with E-state index in [-0.39, 0.29) is 5.91 Å². The molecule has 0 saturated heterocycles. The van der Waals surface area contributed by atoms with Crippen molar-refractivity contribution in [3.05, 3.63) is 63.4 Å². The topological polar surface area (TPSA) is 59.8 Å². The highest BCUT2D eigenvalue weighted by molar-refractivity contribution is 7.09. The van der Waals surface area contributed by atoms with Crippen LogP contribution in [0.5, 0.6) is 0 Å². The molecule has 0 aliphatic carbocycles. The average Bonchev–Trinajstić information content (AvgIpc) is 3.08. The molecule has 0 bridgehead atoms. The number of carbonyl (C=O) groups is 1. The van der Waals surface area contributed by atoms with Gasteiger partial charge in [-0.25, -0.2) is 4.98 Å². The molecule has 0 saturated carbocycles. The van der Waals surface area contributed by atoms with Crippen LogP contribution in [-0.4, -0.2) is 20.7 Å². The maximum Gasteiger partial charge on any atom is 0.275 e. The third-order valence-corrected chi connectivity index (χ3v) is 4.42. The van der Waals surface area contributed by atoms with Crippen molar-refractivity contribution in [1.29, 1.82) is 0 Å². The van der Waals surface area contributed by atoms with E-state index in [1.165, 1.54) is 16.9 Å². The predicted molar refractivity (Wildman–Crippen MR) is 92.0 cm³/mol. The van der Waals surface area contributed by atoms with E-state index in [2.05, 4.69) is 27.5 Å². The zero-order valence-electron chi connectivity index (χ0n) is 13.3. The van der Waals surface area contributed by atoms with Crippen LogP contribution in [0.3, 0.4) is 0 Å². The molecule has 23 heavy (non-hydrogen) atoms. The van der Waals surface area contributed by atoms with Crippen molar-refractivity contribution in [3.63, 3.8) is 0 Å². The molecule has 3 rings (SSSR count). The van der Waals surface area contributed by atoms with Crippen molar-refractivity contribution in [3.8, 4) is 0 Å². The minimum absolute atomic E-state index is 0.195. The van der Waals surface area contributed by atoms with Crippen LogP contribution in [0.25, 0.3) is 0 Å². The fraction of sp³-hybridized carbons (Fsp3) is 0.235. The first-order valence-electron chi connectivity index (χ1n) is 7.36. The Morgan fingerprint density at radius 1 is 1.22 bits per heavy atom. The van der Waals surface area contributed by atoms with Gasteiger partial charge in [-0.15, -0.1) is 11.3 Å². The number of carbonyl (C=O) groups excluding carboxylic acids is 1. The highest BCUT2D eigenvalue weighted by Gasteiger charge is 2.16. The second-order valence-corrected chi connectivity index (χ2v) is 6.46. The van der Waals surface area contributed by atoms with Crippen LogP contribution in [0.1, 0.15) is 32.4 Å². The van der Waals surface area contributed by atoms with E-state index in [1.807, 2.05) is 43.7 Å². The Morgan fingerprint density at radius 2 is 1.96 bits per heavy atom. The number of hydrogen-bond acceptors (Lipinski definition) is 4. The summed E-state index contributed by atoms with van der Waals surface area (Å²) in [6, 6.07) is 10.1. The molecule has 0 fully saturated rings. The number of nitrogens with one attached hydrogen (secondary N) is 1. The molecule has 1 amide bonds. The molecular formula is C17H18N4OS. The van der Waals surface area contributed by atoms with Crippen molar-refractivity contribution < 1.29 is 4.79 Å². The Morgan fingerprint density at radius 3 is 2.61 bits per heavy atom. The fourth-order valence-electron chi connectivity index (χ4n) is 2.43. The molecule has 0 unspecified atom stereocenters. The van der Waals surface area contributed by atoms with Crippen LogP contribution in [0.4, 0.5) is 5.69 Å². The van der Waals surface area contributed by atoms with Gasteiger partial charge in [0, 0.05) is 5.38 Å². The molecule has 1 aromatic carbocycles. The molecular weight excluding hydrogens is 308 g/mol. The lowest BCUT2D eigenvalue weighted by atomic mass is 10.2. The van der Waals surface area contributed by atoms with E-state index >= 15 is 0 Å². The Hall–Kier alpha value is -2.47. The summed E-state index contributed by atoms with van der Waals surface area (Å²) in [7, 11) is 0. The minimum atomic E-state index is -0.195. The second kappa shape index (κ2) is 6.34. The average molecular weight is 326 g/mol. The number of rotatable bonds is 4. The predicted octanol–water partition coefficient (Wildman–Crippen LogP) is 3.57. The number of aryl methyl sites for hydroxylation is 2. The highest BCUT2D eigenvalue weighted by Crippen LogP contribution is 2.21. The summed E-state index contributed by atoms with van der Waals surface area (Å²) in [5.74, 6) is -0.195. The molecule has 118 valence electrons. The first-order chi connectivity index (χ1) is 11.0. The summed E-state index contributed by atoms with van der Waals surface area (Å²) in [6.45, 7) is 6.43. The summed E-state index contributed by atoms with van der Waals surface area (Å²) >= 11 is 1.47. The third-order valence-electron chi connectivity index (χ3n) is 3.65. The van der Waals surface area contributed by atoms with Crippen molar-refractivity contribution >= 4 is 22.9 Å². The molecule has 5 nitrogen and oxygen atoms in total. The first-order valence-corrected chi connectivity index (χ1v) is 8.24. The van der Waals surface area contributed by atoms with Gasteiger partial charge in [-0.1, -0.05) is 30.3 Å². The lowest BCUT2D eigenvalue weighted by molar-refractivity contribution is 0.102.